The predicted octanol–water partition coefficient (Wildman–Crippen LogP) is 3.42. The molecule has 10 heteroatoms. The number of benzene rings is 2. The lowest BCUT2D eigenvalue weighted by atomic mass is 10.2. The van der Waals surface area contributed by atoms with E-state index in [-0.39, 0.29) is 10.5 Å². The van der Waals surface area contributed by atoms with E-state index in [4.69, 9.17) is 21.7 Å². The fourth-order valence-electron chi connectivity index (χ4n) is 2.44. The molecule has 0 aliphatic carbocycles. The number of aromatic nitrogens is 3. The van der Waals surface area contributed by atoms with Crippen molar-refractivity contribution in [3.05, 3.63) is 62.9 Å². The summed E-state index contributed by atoms with van der Waals surface area (Å²) in [6.07, 6.45) is 1.37. The van der Waals surface area contributed by atoms with Crippen LogP contribution in [-0.4, -0.2) is 40.2 Å². The highest BCUT2D eigenvalue weighted by Crippen LogP contribution is 2.31. The Balaban J connectivity index is 2.04. The zero-order valence-corrected chi connectivity index (χ0v) is 15.3. The number of nitrogens with one attached hydrogen (secondary N) is 1. The van der Waals surface area contributed by atoms with Gasteiger partial charge in [0.05, 0.1) is 30.9 Å². The van der Waals surface area contributed by atoms with Crippen LogP contribution in [0, 0.1) is 14.9 Å². The molecule has 1 aromatic heterocycles. The summed E-state index contributed by atoms with van der Waals surface area (Å²) in [6.45, 7) is 0. The normalized spacial score (nSPS) is 10.9. The van der Waals surface area contributed by atoms with Crippen molar-refractivity contribution in [2.24, 2.45) is 5.10 Å². The summed E-state index contributed by atoms with van der Waals surface area (Å²) in [5.41, 5.74) is 0.979. The van der Waals surface area contributed by atoms with Crippen molar-refractivity contribution in [1.82, 2.24) is 14.9 Å². The minimum Gasteiger partial charge on any atom is -0.493 e. The molecular formula is C17H15N5O4S. The smallest absolute Gasteiger partial charge is 0.278 e. The van der Waals surface area contributed by atoms with E-state index in [1.54, 1.807) is 43.5 Å². The van der Waals surface area contributed by atoms with Crippen LogP contribution < -0.4 is 9.47 Å². The summed E-state index contributed by atoms with van der Waals surface area (Å²) < 4.78 is 12.2. The molecule has 1 N–H and O–H groups in total. The average Bonchev–Trinajstić information content (AvgIpc) is 3.06. The Morgan fingerprint density at radius 2 is 1.96 bits per heavy atom. The van der Waals surface area contributed by atoms with Gasteiger partial charge in [-0.3, -0.25) is 10.1 Å². The molecule has 0 bridgehead atoms. The molecule has 0 atom stereocenters. The third-order valence-corrected chi connectivity index (χ3v) is 4.00. The summed E-state index contributed by atoms with van der Waals surface area (Å²) in [4.78, 5) is 10.7. The van der Waals surface area contributed by atoms with Crippen LogP contribution in [0.1, 0.15) is 5.56 Å². The molecule has 0 radical (unpaired) electrons. The van der Waals surface area contributed by atoms with Crippen molar-refractivity contribution in [3.8, 4) is 22.9 Å². The van der Waals surface area contributed by atoms with E-state index in [2.05, 4.69) is 15.3 Å². The van der Waals surface area contributed by atoms with Gasteiger partial charge in [0, 0.05) is 11.6 Å². The van der Waals surface area contributed by atoms with Gasteiger partial charge in [0.25, 0.3) is 5.69 Å². The number of hydrogen-bond donors (Lipinski definition) is 1. The summed E-state index contributed by atoms with van der Waals surface area (Å²) in [5, 5.41) is 22.3. The Bertz CT molecular complexity index is 1070. The van der Waals surface area contributed by atoms with Gasteiger partial charge in [0.1, 0.15) is 0 Å². The zero-order valence-electron chi connectivity index (χ0n) is 14.4. The molecule has 1 heterocycles. The summed E-state index contributed by atoms with van der Waals surface area (Å²) in [5.74, 6) is 1.53. The number of ether oxygens (including phenoxy) is 2. The van der Waals surface area contributed by atoms with Gasteiger partial charge in [-0.05, 0) is 36.5 Å². The molecule has 0 aliphatic heterocycles. The third kappa shape index (κ3) is 3.70. The molecular weight excluding hydrogens is 370 g/mol. The van der Waals surface area contributed by atoms with Crippen molar-refractivity contribution in [3.63, 3.8) is 0 Å². The Kier molecular flexibility index (Phi) is 5.27. The standard InChI is InChI=1S/C17H15N5O4S/c1-25-14-8-7-11(9-15(14)26-2)16-19-20-17(27)21(16)18-10-12-5-3-4-6-13(12)22(23)24/h3-10H,1-2H3,(H,20,27)/b18-10+. The molecule has 0 spiro atoms. The molecule has 138 valence electrons. The van der Waals surface area contributed by atoms with Crippen LogP contribution in [0.4, 0.5) is 5.69 Å². The fraction of sp³-hybridized carbons (Fsp3) is 0.118. The van der Waals surface area contributed by atoms with Crippen LogP contribution in [0.3, 0.4) is 0 Å². The highest BCUT2D eigenvalue weighted by molar-refractivity contribution is 7.71. The molecule has 0 fully saturated rings. The number of nitrogens with zero attached hydrogens (tertiary/aromatic N) is 4. The number of hydrogen-bond acceptors (Lipinski definition) is 7. The first-order valence-corrected chi connectivity index (χ1v) is 8.13. The maximum absolute atomic E-state index is 11.1. The molecule has 0 saturated carbocycles. The Hall–Kier alpha value is -3.53. The maximum Gasteiger partial charge on any atom is 0.278 e. The number of H-pyrrole nitrogens is 1. The monoisotopic (exact) mass is 385 g/mol. The molecule has 0 aliphatic rings. The van der Waals surface area contributed by atoms with E-state index < -0.39 is 4.92 Å². The van der Waals surface area contributed by atoms with Crippen LogP contribution in [0.5, 0.6) is 11.5 Å². The van der Waals surface area contributed by atoms with Crippen LogP contribution in [0.2, 0.25) is 0 Å². The van der Waals surface area contributed by atoms with Crippen LogP contribution in [0.15, 0.2) is 47.6 Å². The molecule has 0 amide bonds. The second-order valence-corrected chi connectivity index (χ2v) is 5.68. The average molecular weight is 385 g/mol. The maximum atomic E-state index is 11.1. The Labute approximate surface area is 159 Å². The first-order chi connectivity index (χ1) is 13.0. The van der Waals surface area contributed by atoms with E-state index >= 15 is 0 Å². The lowest BCUT2D eigenvalue weighted by molar-refractivity contribution is -0.385. The van der Waals surface area contributed by atoms with Gasteiger partial charge in [0.15, 0.2) is 17.3 Å². The zero-order chi connectivity index (χ0) is 19.4. The number of nitro benzene ring substituents is 1. The van der Waals surface area contributed by atoms with Crippen LogP contribution in [0.25, 0.3) is 11.4 Å². The number of nitro groups is 1. The highest BCUT2D eigenvalue weighted by Gasteiger charge is 2.14. The molecule has 2 aromatic carbocycles. The lowest BCUT2D eigenvalue weighted by Crippen LogP contribution is -1.98. The highest BCUT2D eigenvalue weighted by atomic mass is 32.1. The molecule has 3 rings (SSSR count). The quantitative estimate of drug-likeness (QED) is 0.301. The van der Waals surface area contributed by atoms with Gasteiger partial charge in [0.2, 0.25) is 4.77 Å². The van der Waals surface area contributed by atoms with Gasteiger partial charge < -0.3 is 9.47 Å². The lowest BCUT2D eigenvalue weighted by Gasteiger charge is -2.09. The molecule has 9 nitrogen and oxygen atoms in total. The SMILES string of the molecule is COc1ccc(-c2n[nH]c(=S)n2/N=C/c2ccccc2[N+](=O)[O-])cc1OC. The van der Waals surface area contributed by atoms with Gasteiger partial charge in [-0.1, -0.05) is 12.1 Å². The second kappa shape index (κ2) is 7.79. The van der Waals surface area contributed by atoms with Crippen molar-refractivity contribution in [2.75, 3.05) is 14.2 Å². The van der Waals surface area contributed by atoms with E-state index in [1.165, 1.54) is 24.1 Å². The van der Waals surface area contributed by atoms with E-state index in [0.29, 0.717) is 28.5 Å². The number of para-hydroxylation sites is 1. The first kappa shape index (κ1) is 18.3. The predicted molar refractivity (Wildman–Crippen MR) is 102 cm³/mol. The largest absolute Gasteiger partial charge is 0.493 e. The van der Waals surface area contributed by atoms with Gasteiger partial charge >= 0.3 is 0 Å². The Morgan fingerprint density at radius 1 is 1.22 bits per heavy atom. The van der Waals surface area contributed by atoms with E-state index in [9.17, 15) is 10.1 Å². The number of methoxy groups -OCH3 is 2. The van der Waals surface area contributed by atoms with Crippen LogP contribution in [-0.2, 0) is 0 Å². The molecule has 0 saturated heterocycles. The van der Waals surface area contributed by atoms with Gasteiger partial charge in [-0.2, -0.15) is 14.9 Å². The minimum atomic E-state index is -0.467. The van der Waals surface area contributed by atoms with E-state index in [1.807, 2.05) is 0 Å². The van der Waals surface area contributed by atoms with Crippen molar-refractivity contribution in [1.29, 1.82) is 0 Å². The molecule has 0 unspecified atom stereocenters. The van der Waals surface area contributed by atoms with Crippen molar-refractivity contribution < 1.29 is 14.4 Å². The number of aromatic amines is 1. The van der Waals surface area contributed by atoms with Gasteiger partial charge in [-0.25, -0.2) is 5.10 Å². The van der Waals surface area contributed by atoms with E-state index in [0.717, 1.165) is 0 Å². The second-order valence-electron chi connectivity index (χ2n) is 5.29. The van der Waals surface area contributed by atoms with Crippen molar-refractivity contribution >= 4 is 24.1 Å². The summed E-state index contributed by atoms with van der Waals surface area (Å²) >= 11 is 5.22. The molecule has 27 heavy (non-hydrogen) atoms. The topological polar surface area (TPSA) is 108 Å². The Morgan fingerprint density at radius 3 is 2.67 bits per heavy atom. The van der Waals surface area contributed by atoms with Crippen molar-refractivity contribution in [2.45, 2.75) is 0 Å². The fourth-order valence-corrected chi connectivity index (χ4v) is 2.62. The van der Waals surface area contributed by atoms with Crippen LogP contribution >= 0.6 is 12.2 Å². The first-order valence-electron chi connectivity index (χ1n) is 7.72. The summed E-state index contributed by atoms with van der Waals surface area (Å²) in [6, 6.07) is 11.5. The molecule has 3 aromatic rings. The minimum absolute atomic E-state index is 0.0519. The third-order valence-electron chi connectivity index (χ3n) is 3.74. The number of rotatable bonds is 6. The summed E-state index contributed by atoms with van der Waals surface area (Å²) in [7, 11) is 3.08. The van der Waals surface area contributed by atoms with Gasteiger partial charge in [-0.15, -0.1) is 0 Å².